The maximum atomic E-state index is 11.8. The van der Waals surface area contributed by atoms with Gasteiger partial charge >= 0.3 is 0 Å². The average Bonchev–Trinajstić information content (AvgIpc) is 2.84. The molecule has 0 bridgehead atoms. The van der Waals surface area contributed by atoms with Gasteiger partial charge in [-0.05, 0) is 19.8 Å². The van der Waals surface area contributed by atoms with Crippen LogP contribution in [0, 0.1) is 12.3 Å². The third-order valence-electron chi connectivity index (χ3n) is 3.67. The van der Waals surface area contributed by atoms with Crippen molar-refractivity contribution in [3.8, 4) is 0 Å². The summed E-state index contributed by atoms with van der Waals surface area (Å²) in [5.74, 6) is 0.504. The van der Waals surface area contributed by atoms with E-state index in [4.69, 9.17) is 0 Å². The maximum absolute atomic E-state index is 11.8. The van der Waals surface area contributed by atoms with Gasteiger partial charge < -0.3 is 10.4 Å². The number of carbonyl (C=O) groups excluding carboxylic acids is 1. The standard InChI is InChI=1S/C12H20N4O2/c1-9-14-10(16-15-9)11(18)13-7-12(8-17)5-3-2-4-6-12/h17H,2-8H2,1H3,(H,13,18)(H,14,15,16). The van der Waals surface area contributed by atoms with Crippen LogP contribution in [0.25, 0.3) is 0 Å². The molecule has 0 radical (unpaired) electrons. The Morgan fingerprint density at radius 1 is 1.44 bits per heavy atom. The van der Waals surface area contributed by atoms with E-state index in [2.05, 4.69) is 20.5 Å². The van der Waals surface area contributed by atoms with Crippen molar-refractivity contribution in [2.75, 3.05) is 13.2 Å². The summed E-state index contributed by atoms with van der Waals surface area (Å²) in [6, 6.07) is 0. The van der Waals surface area contributed by atoms with Crippen molar-refractivity contribution >= 4 is 5.91 Å². The Morgan fingerprint density at radius 2 is 2.17 bits per heavy atom. The number of amides is 1. The van der Waals surface area contributed by atoms with Crippen LogP contribution in [0.15, 0.2) is 0 Å². The first-order chi connectivity index (χ1) is 8.65. The molecular weight excluding hydrogens is 232 g/mol. The number of aryl methyl sites for hydroxylation is 1. The van der Waals surface area contributed by atoms with Gasteiger partial charge in [0.1, 0.15) is 5.82 Å². The van der Waals surface area contributed by atoms with Crippen molar-refractivity contribution in [2.24, 2.45) is 5.41 Å². The lowest BCUT2D eigenvalue weighted by Gasteiger charge is -2.35. The highest BCUT2D eigenvalue weighted by atomic mass is 16.3. The van der Waals surface area contributed by atoms with Gasteiger partial charge in [-0.3, -0.25) is 9.89 Å². The zero-order chi connectivity index (χ0) is 13.0. The lowest BCUT2D eigenvalue weighted by Crippen LogP contribution is -2.41. The third-order valence-corrected chi connectivity index (χ3v) is 3.67. The van der Waals surface area contributed by atoms with Crippen LogP contribution >= 0.6 is 0 Å². The van der Waals surface area contributed by atoms with Gasteiger partial charge in [-0.25, -0.2) is 4.98 Å². The fourth-order valence-corrected chi connectivity index (χ4v) is 2.48. The summed E-state index contributed by atoms with van der Waals surface area (Å²) in [6.07, 6.45) is 5.40. The van der Waals surface area contributed by atoms with E-state index >= 15 is 0 Å². The molecule has 1 aliphatic rings. The second-order valence-corrected chi connectivity index (χ2v) is 5.15. The Kier molecular flexibility index (Phi) is 3.96. The second-order valence-electron chi connectivity index (χ2n) is 5.15. The first kappa shape index (κ1) is 13.0. The van der Waals surface area contributed by atoms with E-state index in [1.807, 2.05) is 0 Å². The van der Waals surface area contributed by atoms with Crippen molar-refractivity contribution in [1.29, 1.82) is 0 Å². The number of H-pyrrole nitrogens is 1. The van der Waals surface area contributed by atoms with Gasteiger partial charge in [-0.15, -0.1) is 5.10 Å². The molecule has 1 aliphatic carbocycles. The predicted octanol–water partition coefficient (Wildman–Crippen LogP) is 0.786. The predicted molar refractivity (Wildman–Crippen MR) is 66.1 cm³/mol. The maximum Gasteiger partial charge on any atom is 0.290 e. The molecule has 1 heterocycles. The van der Waals surface area contributed by atoms with Crippen molar-refractivity contribution < 1.29 is 9.90 Å². The number of carbonyl (C=O) groups is 1. The molecule has 6 heteroatoms. The molecule has 0 spiro atoms. The Balaban J connectivity index is 1.91. The number of hydrogen-bond acceptors (Lipinski definition) is 4. The summed E-state index contributed by atoms with van der Waals surface area (Å²) in [5, 5.41) is 18.8. The number of aromatic amines is 1. The normalized spacial score (nSPS) is 18.6. The summed E-state index contributed by atoms with van der Waals surface area (Å²) in [5.41, 5.74) is -0.154. The lowest BCUT2D eigenvalue weighted by atomic mass is 9.74. The molecule has 1 fully saturated rings. The van der Waals surface area contributed by atoms with Gasteiger partial charge in [0, 0.05) is 12.0 Å². The smallest absolute Gasteiger partial charge is 0.290 e. The minimum Gasteiger partial charge on any atom is -0.396 e. The Hall–Kier alpha value is -1.43. The monoisotopic (exact) mass is 252 g/mol. The Morgan fingerprint density at radius 3 is 2.72 bits per heavy atom. The first-order valence-corrected chi connectivity index (χ1v) is 6.43. The lowest BCUT2D eigenvalue weighted by molar-refractivity contribution is 0.0713. The number of nitrogens with one attached hydrogen (secondary N) is 2. The Bertz CT molecular complexity index is 410. The largest absolute Gasteiger partial charge is 0.396 e. The van der Waals surface area contributed by atoms with Gasteiger partial charge in [-0.2, -0.15) is 0 Å². The SMILES string of the molecule is Cc1nc(C(=O)NCC2(CO)CCCCC2)n[nH]1. The zero-order valence-electron chi connectivity index (χ0n) is 10.7. The fraction of sp³-hybridized carbons (Fsp3) is 0.750. The van der Waals surface area contributed by atoms with E-state index in [1.165, 1.54) is 6.42 Å². The van der Waals surface area contributed by atoms with Crippen LogP contribution in [-0.4, -0.2) is 39.3 Å². The average molecular weight is 252 g/mol. The van der Waals surface area contributed by atoms with Gasteiger partial charge in [0.15, 0.2) is 0 Å². The molecule has 1 aromatic rings. The Labute approximate surface area is 106 Å². The van der Waals surface area contributed by atoms with E-state index in [1.54, 1.807) is 6.92 Å². The van der Waals surface area contributed by atoms with Crippen molar-refractivity contribution in [3.05, 3.63) is 11.6 Å². The molecule has 3 N–H and O–H groups in total. The third kappa shape index (κ3) is 2.87. The molecule has 18 heavy (non-hydrogen) atoms. The van der Waals surface area contributed by atoms with E-state index in [0.29, 0.717) is 12.4 Å². The molecule has 1 amide bonds. The van der Waals surface area contributed by atoms with Crippen LogP contribution in [0.4, 0.5) is 0 Å². The van der Waals surface area contributed by atoms with Crippen LogP contribution < -0.4 is 5.32 Å². The van der Waals surface area contributed by atoms with Crippen LogP contribution in [0.3, 0.4) is 0 Å². The van der Waals surface area contributed by atoms with Crippen LogP contribution in [0.5, 0.6) is 0 Å². The minimum absolute atomic E-state index is 0.125. The minimum atomic E-state index is -0.280. The van der Waals surface area contributed by atoms with Crippen molar-refractivity contribution in [3.63, 3.8) is 0 Å². The molecule has 0 aliphatic heterocycles. The summed E-state index contributed by atoms with van der Waals surface area (Å²) < 4.78 is 0. The molecule has 2 rings (SSSR count). The molecule has 0 aromatic carbocycles. The number of rotatable bonds is 4. The summed E-state index contributed by atoms with van der Waals surface area (Å²) >= 11 is 0. The van der Waals surface area contributed by atoms with E-state index in [0.717, 1.165) is 25.7 Å². The summed E-state index contributed by atoms with van der Waals surface area (Å²) in [6.45, 7) is 2.37. The van der Waals surface area contributed by atoms with E-state index in [9.17, 15) is 9.90 Å². The van der Waals surface area contributed by atoms with Gasteiger partial charge in [0.2, 0.25) is 5.82 Å². The fourth-order valence-electron chi connectivity index (χ4n) is 2.48. The number of aliphatic hydroxyl groups excluding tert-OH is 1. The van der Waals surface area contributed by atoms with Gasteiger partial charge in [-0.1, -0.05) is 19.3 Å². The summed E-state index contributed by atoms with van der Waals surface area (Å²) in [4.78, 5) is 15.8. The van der Waals surface area contributed by atoms with Gasteiger partial charge in [0.05, 0.1) is 6.61 Å². The molecule has 1 aromatic heterocycles. The first-order valence-electron chi connectivity index (χ1n) is 6.43. The molecule has 100 valence electrons. The molecule has 0 atom stereocenters. The number of aromatic nitrogens is 3. The summed E-state index contributed by atoms with van der Waals surface area (Å²) in [7, 11) is 0. The number of nitrogens with zero attached hydrogens (tertiary/aromatic N) is 2. The van der Waals surface area contributed by atoms with Crippen LogP contribution in [0.2, 0.25) is 0 Å². The van der Waals surface area contributed by atoms with Gasteiger partial charge in [0.25, 0.3) is 5.91 Å². The van der Waals surface area contributed by atoms with E-state index in [-0.39, 0.29) is 23.8 Å². The highest BCUT2D eigenvalue weighted by molar-refractivity contribution is 5.90. The number of aliphatic hydroxyl groups is 1. The quantitative estimate of drug-likeness (QED) is 0.738. The van der Waals surface area contributed by atoms with Crippen molar-refractivity contribution in [2.45, 2.75) is 39.0 Å². The molecule has 1 saturated carbocycles. The van der Waals surface area contributed by atoms with Crippen molar-refractivity contribution in [1.82, 2.24) is 20.5 Å². The number of hydrogen-bond donors (Lipinski definition) is 3. The zero-order valence-corrected chi connectivity index (χ0v) is 10.7. The molecule has 0 unspecified atom stereocenters. The molecule has 6 nitrogen and oxygen atoms in total. The highest BCUT2D eigenvalue weighted by Gasteiger charge is 2.32. The van der Waals surface area contributed by atoms with Crippen LogP contribution in [-0.2, 0) is 0 Å². The highest BCUT2D eigenvalue weighted by Crippen LogP contribution is 2.35. The molecular formula is C12H20N4O2. The topological polar surface area (TPSA) is 90.9 Å². The second kappa shape index (κ2) is 5.48. The molecule has 0 saturated heterocycles. The van der Waals surface area contributed by atoms with Crippen LogP contribution in [0.1, 0.15) is 48.5 Å². The van der Waals surface area contributed by atoms with E-state index < -0.39 is 0 Å².